The van der Waals surface area contributed by atoms with E-state index in [2.05, 4.69) is 41.5 Å². The molecule has 0 radical (unpaired) electrons. The first-order chi connectivity index (χ1) is 8.06. The maximum absolute atomic E-state index is 9.00. The number of hydrogen-bond acceptors (Lipinski definition) is 3. The van der Waals surface area contributed by atoms with Gasteiger partial charge in [0.05, 0.1) is 11.2 Å². The molecule has 0 atom stereocenters. The molecule has 0 amide bonds. The van der Waals surface area contributed by atoms with Gasteiger partial charge in [-0.3, -0.25) is 4.79 Å². The summed E-state index contributed by atoms with van der Waals surface area (Å²) in [5.74, 6) is -0.833. The molecule has 4 nitrogen and oxygen atoms in total. The molecule has 0 fully saturated rings. The van der Waals surface area contributed by atoms with Crippen molar-refractivity contribution >= 4 is 5.97 Å². The lowest BCUT2D eigenvalue weighted by molar-refractivity contribution is -0.402. The summed E-state index contributed by atoms with van der Waals surface area (Å²) in [5, 5.41) is 7.42. The zero-order valence-corrected chi connectivity index (χ0v) is 13.0. The number of carbonyl (C=O) groups is 1. The van der Waals surface area contributed by atoms with Gasteiger partial charge in [-0.2, -0.15) is 0 Å². The zero-order chi connectivity index (χ0) is 14.8. The van der Waals surface area contributed by atoms with E-state index in [1.807, 2.05) is 0 Å². The fourth-order valence-electron chi connectivity index (χ4n) is 1.51. The van der Waals surface area contributed by atoms with Gasteiger partial charge in [0.2, 0.25) is 0 Å². The number of carboxylic acid groups (broad SMARTS) is 1. The number of rotatable bonds is 7. The summed E-state index contributed by atoms with van der Waals surface area (Å²) < 4.78 is 0. The first kappa shape index (κ1) is 19.7. The molecule has 0 aliphatic heterocycles. The van der Waals surface area contributed by atoms with Crippen molar-refractivity contribution in [2.24, 2.45) is 0 Å². The molecule has 0 aromatic rings. The van der Waals surface area contributed by atoms with Crippen LogP contribution in [-0.4, -0.2) is 22.3 Å². The normalized spacial score (nSPS) is 11.7. The van der Waals surface area contributed by atoms with Crippen LogP contribution in [0.4, 0.5) is 0 Å². The van der Waals surface area contributed by atoms with Crippen molar-refractivity contribution in [3.05, 3.63) is 0 Å². The molecule has 110 valence electrons. The summed E-state index contributed by atoms with van der Waals surface area (Å²) in [5.41, 5.74) is -0.334. The summed E-state index contributed by atoms with van der Waals surface area (Å²) in [6, 6.07) is 0. The van der Waals surface area contributed by atoms with Crippen molar-refractivity contribution in [2.75, 3.05) is 0 Å². The van der Waals surface area contributed by atoms with Crippen molar-refractivity contribution in [1.82, 2.24) is 0 Å². The van der Waals surface area contributed by atoms with Gasteiger partial charge in [-0.15, -0.1) is 0 Å². The fraction of sp³-hybridized carbons (Fsp3) is 0.929. The Labute approximate surface area is 112 Å². The van der Waals surface area contributed by atoms with Crippen molar-refractivity contribution in [3.8, 4) is 0 Å². The minimum atomic E-state index is -0.833. The summed E-state index contributed by atoms with van der Waals surface area (Å²) in [6.07, 6.45) is 4.28. The Bertz CT molecular complexity index is 200. The molecule has 0 saturated heterocycles. The van der Waals surface area contributed by atoms with Crippen LogP contribution >= 0.6 is 0 Å². The third kappa shape index (κ3) is 15.4. The van der Waals surface area contributed by atoms with Gasteiger partial charge in [0.15, 0.2) is 0 Å². The third-order valence-corrected chi connectivity index (χ3v) is 2.20. The van der Waals surface area contributed by atoms with Crippen molar-refractivity contribution < 1.29 is 19.7 Å². The highest BCUT2D eigenvalue weighted by Gasteiger charge is 2.25. The molecule has 0 rings (SSSR count). The predicted molar refractivity (Wildman–Crippen MR) is 73.5 cm³/mol. The van der Waals surface area contributed by atoms with Crippen LogP contribution in [0.15, 0.2) is 0 Å². The van der Waals surface area contributed by atoms with Crippen LogP contribution in [0.1, 0.15) is 74.1 Å². The summed E-state index contributed by atoms with van der Waals surface area (Å²) in [6.45, 7) is 13.7. The quantitative estimate of drug-likeness (QED) is 0.552. The molecule has 0 bridgehead atoms. The molecular weight excluding hydrogens is 232 g/mol. The lowest BCUT2D eigenvalue weighted by Crippen LogP contribution is -2.32. The topological polar surface area (TPSA) is 55.8 Å². The van der Waals surface area contributed by atoms with E-state index in [1.54, 1.807) is 0 Å². The minimum absolute atomic E-state index is 0.167. The Balaban J connectivity index is 0. The van der Waals surface area contributed by atoms with Crippen LogP contribution in [-0.2, 0) is 14.6 Å². The molecule has 0 saturated carbocycles. The number of aliphatic carboxylic acids is 1. The second-order valence-corrected chi connectivity index (χ2v) is 5.71. The van der Waals surface area contributed by atoms with Crippen LogP contribution in [0.5, 0.6) is 0 Å². The Kier molecular flexibility index (Phi) is 10.2. The third-order valence-electron chi connectivity index (χ3n) is 2.20. The molecular formula is C14H30O4. The molecule has 0 aromatic heterocycles. The highest BCUT2D eigenvalue weighted by molar-refractivity contribution is 5.62. The van der Waals surface area contributed by atoms with E-state index in [4.69, 9.17) is 19.7 Å². The summed E-state index contributed by atoms with van der Waals surface area (Å²) in [7, 11) is 0. The van der Waals surface area contributed by atoms with Gasteiger partial charge in [-0.05, 0) is 40.5 Å². The lowest BCUT2D eigenvalue weighted by Gasteiger charge is -2.30. The Hall–Kier alpha value is -0.610. The van der Waals surface area contributed by atoms with Gasteiger partial charge in [0.25, 0.3) is 5.97 Å². The van der Waals surface area contributed by atoms with E-state index in [0.717, 1.165) is 32.6 Å². The molecule has 1 N–H and O–H groups in total. The predicted octanol–water partition coefficient (Wildman–Crippen LogP) is 4.18. The van der Waals surface area contributed by atoms with Gasteiger partial charge < -0.3 is 5.11 Å². The molecule has 18 heavy (non-hydrogen) atoms. The Morgan fingerprint density at radius 3 is 1.33 bits per heavy atom. The maximum atomic E-state index is 9.00. The van der Waals surface area contributed by atoms with E-state index in [9.17, 15) is 0 Å². The molecule has 0 aromatic carbocycles. The van der Waals surface area contributed by atoms with Gasteiger partial charge in [-0.25, -0.2) is 9.78 Å². The SMILES string of the molecule is CC(=O)O.CCCC(C)(C)OOC(C)(C)CCC. The largest absolute Gasteiger partial charge is 0.481 e. The molecule has 0 spiro atoms. The first-order valence-corrected chi connectivity index (χ1v) is 6.62. The van der Waals surface area contributed by atoms with E-state index in [-0.39, 0.29) is 11.2 Å². The van der Waals surface area contributed by atoms with Crippen molar-refractivity contribution in [1.29, 1.82) is 0 Å². The van der Waals surface area contributed by atoms with Crippen LogP contribution in [0.2, 0.25) is 0 Å². The van der Waals surface area contributed by atoms with Crippen LogP contribution in [0, 0.1) is 0 Å². The number of hydrogen-bond donors (Lipinski definition) is 1. The second-order valence-electron chi connectivity index (χ2n) is 5.71. The van der Waals surface area contributed by atoms with Gasteiger partial charge in [0.1, 0.15) is 0 Å². The molecule has 0 aliphatic rings. The Morgan fingerprint density at radius 1 is 0.944 bits per heavy atom. The van der Waals surface area contributed by atoms with Gasteiger partial charge in [0, 0.05) is 6.92 Å². The van der Waals surface area contributed by atoms with Crippen LogP contribution in [0.25, 0.3) is 0 Å². The lowest BCUT2D eigenvalue weighted by atomic mass is 10.0. The molecule has 0 unspecified atom stereocenters. The Morgan fingerprint density at radius 2 is 1.17 bits per heavy atom. The standard InChI is InChI=1S/C12H26O2.C2H4O2/c1-7-9-11(3,4)13-14-12(5,6)10-8-2;1-2(3)4/h7-10H2,1-6H3;1H3,(H,3,4). The van der Waals surface area contributed by atoms with Gasteiger partial charge >= 0.3 is 0 Å². The van der Waals surface area contributed by atoms with Gasteiger partial charge in [-0.1, -0.05) is 26.7 Å². The molecule has 0 aliphatic carbocycles. The average molecular weight is 262 g/mol. The summed E-state index contributed by atoms with van der Waals surface area (Å²) in [4.78, 5) is 20.0. The summed E-state index contributed by atoms with van der Waals surface area (Å²) >= 11 is 0. The fourth-order valence-corrected chi connectivity index (χ4v) is 1.51. The smallest absolute Gasteiger partial charge is 0.300 e. The van der Waals surface area contributed by atoms with E-state index < -0.39 is 5.97 Å². The van der Waals surface area contributed by atoms with E-state index in [0.29, 0.717) is 0 Å². The minimum Gasteiger partial charge on any atom is -0.481 e. The zero-order valence-electron chi connectivity index (χ0n) is 13.0. The molecule has 0 heterocycles. The molecule has 4 heteroatoms. The first-order valence-electron chi connectivity index (χ1n) is 6.62. The number of carboxylic acids is 1. The van der Waals surface area contributed by atoms with E-state index >= 15 is 0 Å². The highest BCUT2D eigenvalue weighted by atomic mass is 17.2. The average Bonchev–Trinajstić information content (AvgIpc) is 2.14. The van der Waals surface area contributed by atoms with Crippen molar-refractivity contribution in [2.45, 2.75) is 85.4 Å². The maximum Gasteiger partial charge on any atom is 0.300 e. The second kappa shape index (κ2) is 9.34. The monoisotopic (exact) mass is 262 g/mol. The van der Waals surface area contributed by atoms with E-state index in [1.165, 1.54) is 0 Å². The highest BCUT2D eigenvalue weighted by Crippen LogP contribution is 2.23. The van der Waals surface area contributed by atoms with Crippen LogP contribution in [0.3, 0.4) is 0 Å². The van der Waals surface area contributed by atoms with Crippen LogP contribution < -0.4 is 0 Å². The van der Waals surface area contributed by atoms with Crippen molar-refractivity contribution in [3.63, 3.8) is 0 Å².